The third-order valence-corrected chi connectivity index (χ3v) is 3.43. The highest BCUT2D eigenvalue weighted by Gasteiger charge is 2.21. The van der Waals surface area contributed by atoms with E-state index in [2.05, 4.69) is 12.2 Å². The summed E-state index contributed by atoms with van der Waals surface area (Å²) < 4.78 is 0. The van der Waals surface area contributed by atoms with Crippen molar-refractivity contribution in [1.29, 1.82) is 0 Å². The SMILES string of the molecule is CC(CC(=O)NCCN)C1CCCCC1. The van der Waals surface area contributed by atoms with Gasteiger partial charge in [-0.25, -0.2) is 0 Å². The number of carbonyl (C=O) groups is 1. The third kappa shape index (κ3) is 4.65. The van der Waals surface area contributed by atoms with Gasteiger partial charge < -0.3 is 11.1 Å². The van der Waals surface area contributed by atoms with Crippen LogP contribution in [0.4, 0.5) is 0 Å². The molecule has 3 heteroatoms. The molecule has 15 heavy (non-hydrogen) atoms. The van der Waals surface area contributed by atoms with Crippen LogP contribution in [0.1, 0.15) is 45.4 Å². The molecule has 0 bridgehead atoms. The fraction of sp³-hybridized carbons (Fsp3) is 0.917. The maximum Gasteiger partial charge on any atom is 0.220 e. The Morgan fingerprint density at radius 3 is 2.67 bits per heavy atom. The molecule has 1 atom stereocenters. The van der Waals surface area contributed by atoms with Crippen molar-refractivity contribution in [2.75, 3.05) is 13.1 Å². The highest BCUT2D eigenvalue weighted by atomic mass is 16.1. The van der Waals surface area contributed by atoms with E-state index in [-0.39, 0.29) is 5.91 Å². The van der Waals surface area contributed by atoms with Gasteiger partial charge in [0.25, 0.3) is 0 Å². The molecule has 0 aromatic carbocycles. The first-order valence-electron chi connectivity index (χ1n) is 6.20. The van der Waals surface area contributed by atoms with Crippen molar-refractivity contribution in [1.82, 2.24) is 5.32 Å². The first kappa shape index (κ1) is 12.5. The summed E-state index contributed by atoms with van der Waals surface area (Å²) in [6, 6.07) is 0. The zero-order chi connectivity index (χ0) is 11.1. The molecular formula is C12H24N2O. The minimum absolute atomic E-state index is 0.165. The van der Waals surface area contributed by atoms with Gasteiger partial charge in [0.2, 0.25) is 5.91 Å². The van der Waals surface area contributed by atoms with Gasteiger partial charge in [-0.3, -0.25) is 4.79 Å². The average Bonchev–Trinajstić information content (AvgIpc) is 2.27. The summed E-state index contributed by atoms with van der Waals surface area (Å²) in [4.78, 5) is 11.5. The molecule has 3 N–H and O–H groups in total. The Labute approximate surface area is 92.8 Å². The number of amides is 1. The Kier molecular flexibility index (Phi) is 5.69. The van der Waals surface area contributed by atoms with Crippen LogP contribution in [-0.4, -0.2) is 19.0 Å². The van der Waals surface area contributed by atoms with Crippen LogP contribution in [0.2, 0.25) is 0 Å². The van der Waals surface area contributed by atoms with Crippen molar-refractivity contribution < 1.29 is 4.79 Å². The molecule has 1 aliphatic carbocycles. The highest BCUT2D eigenvalue weighted by Crippen LogP contribution is 2.31. The zero-order valence-corrected chi connectivity index (χ0v) is 9.80. The summed E-state index contributed by atoms with van der Waals surface area (Å²) in [7, 11) is 0. The number of hydrogen-bond acceptors (Lipinski definition) is 2. The number of hydrogen-bond donors (Lipinski definition) is 2. The van der Waals surface area contributed by atoms with Crippen molar-refractivity contribution in [2.45, 2.75) is 45.4 Å². The van der Waals surface area contributed by atoms with Gasteiger partial charge in [0.15, 0.2) is 0 Å². The van der Waals surface area contributed by atoms with Crippen LogP contribution in [-0.2, 0) is 4.79 Å². The van der Waals surface area contributed by atoms with Crippen LogP contribution in [0.5, 0.6) is 0 Å². The maximum atomic E-state index is 11.5. The monoisotopic (exact) mass is 212 g/mol. The molecule has 0 aromatic heterocycles. The molecule has 1 unspecified atom stereocenters. The first-order valence-corrected chi connectivity index (χ1v) is 6.20. The molecule has 0 heterocycles. The molecule has 0 radical (unpaired) electrons. The van der Waals surface area contributed by atoms with Crippen LogP contribution < -0.4 is 11.1 Å². The Bertz CT molecular complexity index is 188. The average molecular weight is 212 g/mol. The summed E-state index contributed by atoms with van der Waals surface area (Å²) in [6.07, 6.45) is 7.36. The minimum Gasteiger partial charge on any atom is -0.355 e. The fourth-order valence-electron chi connectivity index (χ4n) is 2.45. The molecule has 1 amide bonds. The van der Waals surface area contributed by atoms with Gasteiger partial charge in [0.05, 0.1) is 0 Å². The second kappa shape index (κ2) is 6.83. The number of carbonyl (C=O) groups excluding carboxylic acids is 1. The van der Waals surface area contributed by atoms with Crippen molar-refractivity contribution in [2.24, 2.45) is 17.6 Å². The van der Waals surface area contributed by atoms with Crippen LogP contribution in [0, 0.1) is 11.8 Å². The normalized spacial score (nSPS) is 19.9. The van der Waals surface area contributed by atoms with Crippen molar-refractivity contribution in [3.05, 3.63) is 0 Å². The minimum atomic E-state index is 0.165. The van der Waals surface area contributed by atoms with E-state index >= 15 is 0 Å². The Morgan fingerprint density at radius 1 is 1.40 bits per heavy atom. The van der Waals surface area contributed by atoms with E-state index < -0.39 is 0 Å². The molecule has 1 aliphatic rings. The molecule has 88 valence electrons. The lowest BCUT2D eigenvalue weighted by atomic mass is 9.79. The van der Waals surface area contributed by atoms with Crippen molar-refractivity contribution in [3.63, 3.8) is 0 Å². The van der Waals surface area contributed by atoms with E-state index in [1.165, 1.54) is 32.1 Å². The van der Waals surface area contributed by atoms with Gasteiger partial charge in [0, 0.05) is 19.5 Å². The highest BCUT2D eigenvalue weighted by molar-refractivity contribution is 5.76. The summed E-state index contributed by atoms with van der Waals surface area (Å²) in [5.41, 5.74) is 5.34. The number of nitrogens with one attached hydrogen (secondary N) is 1. The van der Waals surface area contributed by atoms with Gasteiger partial charge in [-0.15, -0.1) is 0 Å². The molecule has 3 nitrogen and oxygen atoms in total. The lowest BCUT2D eigenvalue weighted by Gasteiger charge is -2.27. The predicted molar refractivity (Wildman–Crippen MR) is 62.4 cm³/mol. The van der Waals surface area contributed by atoms with Gasteiger partial charge in [-0.1, -0.05) is 39.0 Å². The van der Waals surface area contributed by atoms with Gasteiger partial charge in [-0.05, 0) is 11.8 Å². The van der Waals surface area contributed by atoms with E-state index in [0.717, 1.165) is 5.92 Å². The smallest absolute Gasteiger partial charge is 0.220 e. The van der Waals surface area contributed by atoms with Crippen LogP contribution in [0.3, 0.4) is 0 Å². The van der Waals surface area contributed by atoms with Crippen molar-refractivity contribution >= 4 is 5.91 Å². The molecule has 0 saturated heterocycles. The predicted octanol–water partition coefficient (Wildman–Crippen LogP) is 1.67. The first-order chi connectivity index (χ1) is 7.24. The molecule has 0 aromatic rings. The van der Waals surface area contributed by atoms with Crippen molar-refractivity contribution in [3.8, 4) is 0 Å². The van der Waals surface area contributed by atoms with Crippen LogP contribution >= 0.6 is 0 Å². The van der Waals surface area contributed by atoms with Crippen LogP contribution in [0.15, 0.2) is 0 Å². The van der Waals surface area contributed by atoms with E-state index in [9.17, 15) is 4.79 Å². The Morgan fingerprint density at radius 2 is 2.07 bits per heavy atom. The molecule has 0 aliphatic heterocycles. The lowest BCUT2D eigenvalue weighted by Crippen LogP contribution is -2.31. The molecule has 1 rings (SSSR count). The van der Waals surface area contributed by atoms with E-state index in [1.807, 2.05) is 0 Å². The van der Waals surface area contributed by atoms with E-state index in [4.69, 9.17) is 5.73 Å². The topological polar surface area (TPSA) is 55.1 Å². The number of rotatable bonds is 5. The number of nitrogens with two attached hydrogens (primary N) is 1. The van der Waals surface area contributed by atoms with E-state index in [1.54, 1.807) is 0 Å². The maximum absolute atomic E-state index is 11.5. The van der Waals surface area contributed by atoms with Gasteiger partial charge in [-0.2, -0.15) is 0 Å². The Hall–Kier alpha value is -0.570. The summed E-state index contributed by atoms with van der Waals surface area (Å²) in [6.45, 7) is 3.35. The zero-order valence-electron chi connectivity index (χ0n) is 9.80. The summed E-state index contributed by atoms with van der Waals surface area (Å²) in [5.74, 6) is 1.46. The molecule has 0 spiro atoms. The standard InChI is InChI=1S/C12H24N2O/c1-10(9-12(15)14-8-7-13)11-5-3-2-4-6-11/h10-11H,2-9,13H2,1H3,(H,14,15). The van der Waals surface area contributed by atoms with Gasteiger partial charge >= 0.3 is 0 Å². The second-order valence-corrected chi connectivity index (χ2v) is 4.72. The fourth-order valence-corrected chi connectivity index (χ4v) is 2.45. The van der Waals surface area contributed by atoms with Gasteiger partial charge in [0.1, 0.15) is 0 Å². The lowest BCUT2D eigenvalue weighted by molar-refractivity contribution is -0.122. The third-order valence-electron chi connectivity index (χ3n) is 3.43. The second-order valence-electron chi connectivity index (χ2n) is 4.72. The molecule has 1 fully saturated rings. The largest absolute Gasteiger partial charge is 0.355 e. The quantitative estimate of drug-likeness (QED) is 0.728. The Balaban J connectivity index is 2.21. The summed E-state index contributed by atoms with van der Waals surface area (Å²) >= 11 is 0. The van der Waals surface area contributed by atoms with Crippen LogP contribution in [0.25, 0.3) is 0 Å². The molecule has 1 saturated carbocycles. The summed E-state index contributed by atoms with van der Waals surface area (Å²) in [5, 5.41) is 2.84. The molecular weight excluding hydrogens is 188 g/mol. The van der Waals surface area contributed by atoms with E-state index in [0.29, 0.717) is 25.4 Å².